The molecule has 1 aliphatic heterocycles. The lowest BCUT2D eigenvalue weighted by Gasteiger charge is -2.31. The second kappa shape index (κ2) is 13.1. The molecule has 0 spiro atoms. The normalized spacial score (nSPS) is 15.2. The minimum absolute atomic E-state index is 0.0631. The number of carbonyl (C=O) groups excluding carboxylic acids is 1. The van der Waals surface area contributed by atoms with Crippen molar-refractivity contribution < 1.29 is 19.4 Å². The SMILES string of the molecule is CC(C(=O)O)c1ccc(CCCCN2CCC(OC(=O)Nc3ccccc3-c3ccccc3)CC2)cc1. The molecule has 1 atom stereocenters. The fourth-order valence-corrected chi connectivity index (χ4v) is 4.78. The van der Waals surface area contributed by atoms with Crippen molar-refractivity contribution in [1.82, 2.24) is 4.90 Å². The molecule has 6 nitrogen and oxygen atoms in total. The van der Waals surface area contributed by atoms with Gasteiger partial charge in [0.15, 0.2) is 0 Å². The predicted molar refractivity (Wildman–Crippen MR) is 147 cm³/mol. The van der Waals surface area contributed by atoms with E-state index in [1.165, 1.54) is 5.56 Å². The van der Waals surface area contributed by atoms with Crippen molar-refractivity contribution >= 4 is 17.7 Å². The average molecular weight is 501 g/mol. The van der Waals surface area contributed by atoms with E-state index in [-0.39, 0.29) is 6.10 Å². The summed E-state index contributed by atoms with van der Waals surface area (Å²) < 4.78 is 5.75. The Bertz CT molecular complexity index is 1160. The largest absolute Gasteiger partial charge is 0.481 e. The van der Waals surface area contributed by atoms with Crippen molar-refractivity contribution in [2.75, 3.05) is 25.0 Å². The maximum Gasteiger partial charge on any atom is 0.411 e. The van der Waals surface area contributed by atoms with Gasteiger partial charge in [-0.1, -0.05) is 72.8 Å². The van der Waals surface area contributed by atoms with E-state index in [1.54, 1.807) is 6.92 Å². The van der Waals surface area contributed by atoms with E-state index in [2.05, 4.69) is 10.2 Å². The van der Waals surface area contributed by atoms with E-state index < -0.39 is 18.0 Å². The number of benzene rings is 3. The van der Waals surface area contributed by atoms with E-state index in [4.69, 9.17) is 9.84 Å². The minimum atomic E-state index is -0.795. The maximum atomic E-state index is 12.6. The van der Waals surface area contributed by atoms with E-state index >= 15 is 0 Å². The standard InChI is InChI=1S/C31H36N2O4/c1-23(30(34)35)25-16-14-24(15-17-25)9-7-8-20-33-21-18-27(19-22-33)37-31(36)32-29-13-6-5-12-28(29)26-10-3-2-4-11-26/h2-6,10-17,23,27H,7-9,18-22H2,1H3,(H,32,36)(H,34,35). The van der Waals surface area contributed by atoms with Gasteiger partial charge in [0.25, 0.3) is 0 Å². The number of hydrogen-bond acceptors (Lipinski definition) is 4. The second-order valence-electron chi connectivity index (χ2n) is 9.74. The number of nitrogens with zero attached hydrogens (tertiary/aromatic N) is 1. The molecular formula is C31H36N2O4. The molecular weight excluding hydrogens is 464 g/mol. The van der Waals surface area contributed by atoms with Crippen LogP contribution in [0.3, 0.4) is 0 Å². The van der Waals surface area contributed by atoms with Crippen LogP contribution in [-0.4, -0.2) is 47.8 Å². The molecule has 0 aromatic heterocycles. The van der Waals surface area contributed by atoms with Crippen LogP contribution in [0, 0.1) is 0 Å². The summed E-state index contributed by atoms with van der Waals surface area (Å²) in [4.78, 5) is 26.2. The Labute approximate surface area is 219 Å². The highest BCUT2D eigenvalue weighted by Crippen LogP contribution is 2.28. The summed E-state index contributed by atoms with van der Waals surface area (Å²) in [7, 11) is 0. The number of amides is 1. The Hall–Kier alpha value is -3.64. The predicted octanol–water partition coefficient (Wildman–Crippen LogP) is 6.58. The number of carboxylic acids is 1. The third-order valence-electron chi connectivity index (χ3n) is 7.10. The zero-order valence-corrected chi connectivity index (χ0v) is 21.4. The fraction of sp³-hybridized carbons (Fsp3) is 0.355. The Kier molecular flexibility index (Phi) is 9.33. The van der Waals surface area contributed by atoms with E-state index in [1.807, 2.05) is 78.9 Å². The summed E-state index contributed by atoms with van der Waals surface area (Å²) in [5, 5.41) is 12.1. The number of hydrogen-bond donors (Lipinski definition) is 2. The van der Waals surface area contributed by atoms with Gasteiger partial charge in [-0.25, -0.2) is 4.79 Å². The first kappa shape index (κ1) is 26.4. The van der Waals surface area contributed by atoms with Crippen LogP contribution >= 0.6 is 0 Å². The molecule has 0 bridgehead atoms. The number of unbranched alkanes of at least 4 members (excludes halogenated alkanes) is 1. The highest BCUT2D eigenvalue weighted by atomic mass is 16.6. The number of ether oxygens (including phenoxy) is 1. The maximum absolute atomic E-state index is 12.6. The molecule has 1 unspecified atom stereocenters. The Morgan fingerprint density at radius 3 is 2.32 bits per heavy atom. The van der Waals surface area contributed by atoms with Crippen LogP contribution in [0.4, 0.5) is 10.5 Å². The average Bonchev–Trinajstić information content (AvgIpc) is 2.92. The topological polar surface area (TPSA) is 78.9 Å². The van der Waals surface area contributed by atoms with Gasteiger partial charge in [0.05, 0.1) is 11.6 Å². The molecule has 3 aromatic carbocycles. The lowest BCUT2D eigenvalue weighted by molar-refractivity contribution is -0.138. The van der Waals surface area contributed by atoms with Crippen molar-refractivity contribution in [2.45, 2.75) is 51.0 Å². The summed E-state index contributed by atoms with van der Waals surface area (Å²) in [6, 6.07) is 25.7. The molecule has 1 heterocycles. The van der Waals surface area contributed by atoms with Crippen LogP contribution in [0.5, 0.6) is 0 Å². The molecule has 2 N–H and O–H groups in total. The smallest absolute Gasteiger partial charge is 0.411 e. The van der Waals surface area contributed by atoms with Crippen molar-refractivity contribution in [3.8, 4) is 11.1 Å². The van der Waals surface area contributed by atoms with Gasteiger partial charge in [-0.15, -0.1) is 0 Å². The summed E-state index contributed by atoms with van der Waals surface area (Å²) in [5.41, 5.74) is 4.86. The Morgan fingerprint density at radius 2 is 1.62 bits per heavy atom. The third-order valence-corrected chi connectivity index (χ3v) is 7.10. The number of aliphatic carboxylic acids is 1. The third kappa shape index (κ3) is 7.67. The number of carboxylic acid groups (broad SMARTS) is 1. The molecule has 1 fully saturated rings. The van der Waals surface area contributed by atoms with Gasteiger partial charge in [-0.2, -0.15) is 0 Å². The minimum Gasteiger partial charge on any atom is -0.481 e. The quantitative estimate of drug-likeness (QED) is 0.308. The number of carbonyl (C=O) groups is 2. The molecule has 6 heteroatoms. The van der Waals surface area contributed by atoms with Crippen LogP contribution in [0.2, 0.25) is 0 Å². The van der Waals surface area contributed by atoms with Crippen molar-refractivity contribution in [2.24, 2.45) is 0 Å². The molecule has 0 saturated carbocycles. The second-order valence-corrected chi connectivity index (χ2v) is 9.74. The van der Waals surface area contributed by atoms with Gasteiger partial charge in [0.2, 0.25) is 0 Å². The summed E-state index contributed by atoms with van der Waals surface area (Å²) in [6.07, 6.45) is 4.42. The van der Waals surface area contributed by atoms with Crippen LogP contribution in [0.25, 0.3) is 11.1 Å². The number of piperidine rings is 1. The van der Waals surface area contributed by atoms with Crippen molar-refractivity contribution in [1.29, 1.82) is 0 Å². The van der Waals surface area contributed by atoms with Crippen LogP contribution in [0.15, 0.2) is 78.9 Å². The first-order chi connectivity index (χ1) is 18.0. The van der Waals surface area contributed by atoms with Crippen LogP contribution in [0.1, 0.15) is 49.7 Å². The molecule has 1 saturated heterocycles. The van der Waals surface area contributed by atoms with Crippen molar-refractivity contribution in [3.63, 3.8) is 0 Å². The molecule has 194 valence electrons. The highest BCUT2D eigenvalue weighted by molar-refractivity contribution is 5.91. The first-order valence-electron chi connectivity index (χ1n) is 13.2. The van der Waals surface area contributed by atoms with Gasteiger partial charge >= 0.3 is 12.1 Å². The van der Waals surface area contributed by atoms with Gasteiger partial charge in [0, 0.05) is 18.7 Å². The fourth-order valence-electron chi connectivity index (χ4n) is 4.78. The summed E-state index contributed by atoms with van der Waals surface area (Å²) in [5.74, 6) is -1.27. The molecule has 0 radical (unpaired) electrons. The van der Waals surface area contributed by atoms with E-state index in [0.717, 1.165) is 74.1 Å². The van der Waals surface area contributed by atoms with E-state index in [9.17, 15) is 9.59 Å². The van der Waals surface area contributed by atoms with Crippen LogP contribution < -0.4 is 5.32 Å². The number of para-hydroxylation sites is 1. The van der Waals surface area contributed by atoms with Crippen LogP contribution in [-0.2, 0) is 16.0 Å². The van der Waals surface area contributed by atoms with Gasteiger partial charge < -0.3 is 14.7 Å². The first-order valence-corrected chi connectivity index (χ1v) is 13.2. The molecule has 1 aliphatic rings. The summed E-state index contributed by atoms with van der Waals surface area (Å²) in [6.45, 7) is 4.61. The number of nitrogens with one attached hydrogen (secondary N) is 1. The van der Waals surface area contributed by atoms with Gasteiger partial charge in [-0.05, 0) is 68.3 Å². The monoisotopic (exact) mass is 500 g/mol. The zero-order valence-electron chi connectivity index (χ0n) is 21.4. The summed E-state index contributed by atoms with van der Waals surface area (Å²) >= 11 is 0. The number of aryl methyl sites for hydroxylation is 1. The van der Waals surface area contributed by atoms with E-state index in [0.29, 0.717) is 0 Å². The molecule has 3 aromatic rings. The Morgan fingerprint density at radius 1 is 0.946 bits per heavy atom. The van der Waals surface area contributed by atoms with Gasteiger partial charge in [-0.3, -0.25) is 10.1 Å². The zero-order chi connectivity index (χ0) is 26.0. The number of anilines is 1. The molecule has 4 rings (SSSR count). The van der Waals surface area contributed by atoms with Crippen molar-refractivity contribution in [3.05, 3.63) is 90.0 Å². The number of likely N-dealkylation sites (tertiary alicyclic amines) is 1. The number of rotatable bonds is 10. The van der Waals surface area contributed by atoms with Gasteiger partial charge in [0.1, 0.15) is 6.10 Å². The molecule has 0 aliphatic carbocycles. The Balaban J connectivity index is 1.15. The molecule has 37 heavy (non-hydrogen) atoms. The molecule has 1 amide bonds. The lowest BCUT2D eigenvalue weighted by atomic mass is 9.98. The highest BCUT2D eigenvalue weighted by Gasteiger charge is 2.22. The lowest BCUT2D eigenvalue weighted by Crippen LogP contribution is -2.38.